The SMILES string of the molecule is CC/C=C/C1=C(C(=O)O)N2C(=O)[C@@H](NC(=O)C(=N\OC(C)(C)C(=O)O)/C(C)=C/S/C(N)=C/CCC)C2SC1. The molecule has 0 aliphatic carbocycles. The molecule has 0 bridgehead atoms. The molecule has 0 spiro atoms. The maximum absolute atomic E-state index is 13.2. The number of carbonyl (C=O) groups is 4. The van der Waals surface area contributed by atoms with Crippen LogP contribution < -0.4 is 11.1 Å². The second-order valence-electron chi connectivity index (χ2n) is 9.01. The van der Waals surface area contributed by atoms with Crippen molar-refractivity contribution in [2.24, 2.45) is 10.9 Å². The van der Waals surface area contributed by atoms with E-state index < -0.39 is 40.8 Å². The zero-order valence-corrected chi connectivity index (χ0v) is 23.6. The van der Waals surface area contributed by atoms with Crippen molar-refractivity contribution in [3.05, 3.63) is 45.5 Å². The Morgan fingerprint density at radius 3 is 2.58 bits per heavy atom. The van der Waals surface area contributed by atoms with Gasteiger partial charge in [-0.05, 0) is 50.2 Å². The number of hydrogen-bond donors (Lipinski definition) is 4. The molecule has 11 nitrogen and oxygen atoms in total. The first-order valence-electron chi connectivity index (χ1n) is 12.0. The number of amides is 2. The van der Waals surface area contributed by atoms with Gasteiger partial charge >= 0.3 is 11.9 Å². The third kappa shape index (κ3) is 7.44. The van der Waals surface area contributed by atoms with Gasteiger partial charge in [0.2, 0.25) is 5.60 Å². The molecule has 38 heavy (non-hydrogen) atoms. The fraction of sp³-hybridized carbons (Fsp3) is 0.480. The topological polar surface area (TPSA) is 172 Å². The van der Waals surface area contributed by atoms with Crippen LogP contribution in [0.4, 0.5) is 0 Å². The number of β-lactam (4-membered cyclic amide) rings is 1. The number of carbonyl (C=O) groups excluding carboxylic acids is 2. The van der Waals surface area contributed by atoms with Gasteiger partial charge in [0.25, 0.3) is 11.8 Å². The van der Waals surface area contributed by atoms with Gasteiger partial charge in [-0.3, -0.25) is 14.5 Å². The van der Waals surface area contributed by atoms with Crippen LogP contribution in [0.5, 0.6) is 0 Å². The van der Waals surface area contributed by atoms with Gasteiger partial charge in [-0.15, -0.1) is 11.8 Å². The van der Waals surface area contributed by atoms with E-state index in [-0.39, 0.29) is 11.4 Å². The normalized spacial score (nSPS) is 20.8. The van der Waals surface area contributed by atoms with Crippen molar-refractivity contribution < 1.29 is 34.2 Å². The van der Waals surface area contributed by atoms with Gasteiger partial charge in [-0.1, -0.05) is 55.4 Å². The van der Waals surface area contributed by atoms with Crippen LogP contribution in [-0.2, 0) is 24.0 Å². The van der Waals surface area contributed by atoms with Crippen molar-refractivity contribution in [3.63, 3.8) is 0 Å². The molecule has 1 saturated heterocycles. The van der Waals surface area contributed by atoms with Crippen LogP contribution in [0.2, 0.25) is 0 Å². The van der Waals surface area contributed by atoms with Crippen LogP contribution in [-0.4, -0.2) is 67.3 Å². The number of nitrogens with one attached hydrogen (secondary N) is 1. The number of carboxylic acids is 2. The van der Waals surface area contributed by atoms with Crippen LogP contribution in [0.1, 0.15) is 53.9 Å². The monoisotopic (exact) mass is 566 g/mol. The zero-order valence-electron chi connectivity index (χ0n) is 22.0. The minimum absolute atomic E-state index is 0.101. The maximum atomic E-state index is 13.2. The minimum atomic E-state index is -1.72. The largest absolute Gasteiger partial charge is 0.478 e. The number of unbranched alkanes of at least 4 members (excludes halogenated alkanes) is 1. The van der Waals surface area contributed by atoms with Gasteiger partial charge in [0, 0.05) is 5.75 Å². The van der Waals surface area contributed by atoms with E-state index in [1.807, 2.05) is 26.0 Å². The number of carboxylic acid groups (broad SMARTS) is 2. The van der Waals surface area contributed by atoms with E-state index in [2.05, 4.69) is 10.5 Å². The molecular formula is C25H34N4O7S2. The molecule has 13 heteroatoms. The average Bonchev–Trinajstić information content (AvgIpc) is 2.87. The number of nitrogens with zero attached hydrogens (tertiary/aromatic N) is 2. The summed E-state index contributed by atoms with van der Waals surface area (Å²) in [6.45, 7) is 8.07. The number of allylic oxidation sites excluding steroid dienone is 3. The van der Waals surface area contributed by atoms with Gasteiger partial charge in [0.1, 0.15) is 17.1 Å². The van der Waals surface area contributed by atoms with E-state index in [9.17, 15) is 29.4 Å². The lowest BCUT2D eigenvalue weighted by molar-refractivity contribution is -0.161. The molecule has 1 unspecified atom stereocenters. The molecule has 0 aromatic heterocycles. The predicted octanol–water partition coefficient (Wildman–Crippen LogP) is 3.16. The van der Waals surface area contributed by atoms with E-state index in [0.29, 0.717) is 28.3 Å². The molecule has 2 rings (SSSR count). The molecule has 0 aromatic rings. The van der Waals surface area contributed by atoms with Crippen LogP contribution in [0, 0.1) is 0 Å². The van der Waals surface area contributed by atoms with Gasteiger partial charge in [-0.2, -0.15) is 0 Å². The van der Waals surface area contributed by atoms with Gasteiger partial charge in [0.05, 0.1) is 5.03 Å². The number of nitrogens with two attached hydrogens (primary N) is 1. The number of rotatable bonds is 13. The molecule has 5 N–H and O–H groups in total. The summed E-state index contributed by atoms with van der Waals surface area (Å²) < 4.78 is 0. The van der Waals surface area contributed by atoms with Gasteiger partial charge in [0.15, 0.2) is 5.71 Å². The summed E-state index contributed by atoms with van der Waals surface area (Å²) in [6.07, 6.45) is 7.77. The fourth-order valence-corrected chi connectivity index (χ4v) is 5.24. The standard InChI is InChI=1S/C25H34N4O7S2/c1-6-8-10-15-13-38-22-18(21(31)29(22)19(15)23(32)33)27-20(30)17(28-36-25(4,5)24(34)35)14(3)12-37-16(26)11-9-7-2/h8,10-12,18,22H,6-7,9,13,26H2,1-5H3,(H,27,30)(H,32,33)(H,34,35)/b10-8+,14-12+,16-11+,28-17-/t18-,22?/m1/s1. The maximum Gasteiger partial charge on any atom is 0.352 e. The lowest BCUT2D eigenvalue weighted by Crippen LogP contribution is -2.71. The molecule has 1 fully saturated rings. The smallest absolute Gasteiger partial charge is 0.352 e. The second-order valence-corrected chi connectivity index (χ2v) is 11.1. The van der Waals surface area contributed by atoms with Crippen molar-refractivity contribution >= 4 is 53.0 Å². The lowest BCUT2D eigenvalue weighted by Gasteiger charge is -2.49. The Kier molecular flexibility index (Phi) is 11.1. The average molecular weight is 567 g/mol. The van der Waals surface area contributed by atoms with E-state index in [4.69, 9.17) is 10.6 Å². The molecule has 0 aromatic carbocycles. The molecule has 0 saturated carbocycles. The van der Waals surface area contributed by atoms with Crippen molar-refractivity contribution in [2.75, 3.05) is 5.75 Å². The van der Waals surface area contributed by atoms with Crippen molar-refractivity contribution in [3.8, 4) is 0 Å². The zero-order chi connectivity index (χ0) is 28.6. The summed E-state index contributed by atoms with van der Waals surface area (Å²) in [5.74, 6) is -3.49. The van der Waals surface area contributed by atoms with E-state index in [1.54, 1.807) is 18.4 Å². The number of thioether (sulfide) groups is 2. The first-order chi connectivity index (χ1) is 17.8. The molecule has 0 radical (unpaired) electrons. The summed E-state index contributed by atoms with van der Waals surface area (Å²) in [7, 11) is 0. The molecule has 2 amide bonds. The van der Waals surface area contributed by atoms with E-state index in [1.165, 1.54) is 30.5 Å². The number of fused-ring (bicyclic) bond motifs is 1. The first kappa shape index (κ1) is 31.0. The van der Waals surface area contributed by atoms with Crippen molar-refractivity contribution in [1.29, 1.82) is 0 Å². The summed E-state index contributed by atoms with van der Waals surface area (Å²) in [6, 6.07) is -0.994. The Labute approximate surface area is 230 Å². The van der Waals surface area contributed by atoms with E-state index in [0.717, 1.165) is 24.6 Å². The third-order valence-corrected chi connectivity index (χ3v) is 7.73. The summed E-state index contributed by atoms with van der Waals surface area (Å²) in [5.41, 5.74) is 4.77. The Bertz CT molecular complexity index is 1120. The van der Waals surface area contributed by atoms with Gasteiger partial charge < -0.3 is 26.1 Å². The fourth-order valence-electron chi connectivity index (χ4n) is 3.28. The highest BCUT2D eigenvalue weighted by atomic mass is 32.2. The Morgan fingerprint density at radius 2 is 2.00 bits per heavy atom. The molecule has 2 aliphatic heterocycles. The summed E-state index contributed by atoms with van der Waals surface area (Å²) >= 11 is 2.50. The predicted molar refractivity (Wildman–Crippen MR) is 148 cm³/mol. The van der Waals surface area contributed by atoms with Crippen molar-refractivity contribution in [2.45, 2.75) is 70.9 Å². The molecule has 2 atom stereocenters. The Balaban J connectivity index is 2.30. The van der Waals surface area contributed by atoms with Crippen LogP contribution >= 0.6 is 23.5 Å². The van der Waals surface area contributed by atoms with Crippen LogP contribution in [0.3, 0.4) is 0 Å². The molecule has 208 valence electrons. The number of oxime groups is 1. The van der Waals surface area contributed by atoms with Crippen LogP contribution in [0.25, 0.3) is 0 Å². The molecular weight excluding hydrogens is 532 g/mol. The molecule has 2 aliphatic rings. The highest BCUT2D eigenvalue weighted by molar-refractivity contribution is 8.05. The quantitative estimate of drug-likeness (QED) is 0.147. The number of aliphatic carboxylic acids is 2. The van der Waals surface area contributed by atoms with E-state index >= 15 is 0 Å². The first-order valence-corrected chi connectivity index (χ1v) is 14.0. The lowest BCUT2D eigenvalue weighted by atomic mass is 10.0. The highest BCUT2D eigenvalue weighted by Crippen LogP contribution is 2.40. The Hall–Kier alpha value is -3.19. The van der Waals surface area contributed by atoms with Crippen molar-refractivity contribution in [1.82, 2.24) is 10.2 Å². The van der Waals surface area contributed by atoms with Crippen LogP contribution in [0.15, 0.2) is 50.7 Å². The molecule has 2 heterocycles. The third-order valence-electron chi connectivity index (χ3n) is 5.52. The minimum Gasteiger partial charge on any atom is -0.478 e. The van der Waals surface area contributed by atoms with Gasteiger partial charge in [-0.25, -0.2) is 9.59 Å². The summed E-state index contributed by atoms with van der Waals surface area (Å²) in [5, 5.41) is 27.0. The number of hydrogen-bond acceptors (Lipinski definition) is 9. The Morgan fingerprint density at radius 1 is 1.32 bits per heavy atom. The highest BCUT2D eigenvalue weighted by Gasteiger charge is 2.54. The second kappa shape index (κ2) is 13.6. The summed E-state index contributed by atoms with van der Waals surface area (Å²) in [4.78, 5) is 55.9.